The molecule has 0 radical (unpaired) electrons. The maximum absolute atomic E-state index is 9.00. The highest BCUT2D eigenvalue weighted by Crippen LogP contribution is 2.35. The number of nitrogens with two attached hydrogens (primary N) is 1. The monoisotopic (exact) mass is 335 g/mol. The third-order valence-electron chi connectivity index (χ3n) is 3.98. The molecule has 0 unspecified atom stereocenters. The number of hydrogen-bond donors (Lipinski definition) is 2. The minimum Gasteiger partial charge on any atom is -0.398 e. The van der Waals surface area contributed by atoms with Crippen molar-refractivity contribution in [3.8, 4) is 0 Å². The zero-order valence-corrected chi connectivity index (χ0v) is 14.2. The maximum Gasteiger partial charge on any atom is 0.0525 e. The summed E-state index contributed by atoms with van der Waals surface area (Å²) >= 11 is 1.58. The van der Waals surface area contributed by atoms with Gasteiger partial charge in [0.1, 0.15) is 0 Å². The fourth-order valence-electron chi connectivity index (χ4n) is 2.90. The first kappa shape index (κ1) is 16.6. The number of benzene rings is 3. The van der Waals surface area contributed by atoms with Crippen LogP contribution in [0.15, 0.2) is 83.8 Å². The second-order valence-corrected chi connectivity index (χ2v) is 6.76. The van der Waals surface area contributed by atoms with Gasteiger partial charge in [0.25, 0.3) is 0 Å². The SMILES string of the molecule is Nc1cc(C(c2ccccc2)c2ccccc2)ccc1SCCO. The van der Waals surface area contributed by atoms with Crippen molar-refractivity contribution in [3.05, 3.63) is 95.6 Å². The lowest BCUT2D eigenvalue weighted by atomic mass is 9.85. The molecule has 0 saturated carbocycles. The first-order valence-corrected chi connectivity index (χ1v) is 9.01. The van der Waals surface area contributed by atoms with Gasteiger partial charge >= 0.3 is 0 Å². The van der Waals surface area contributed by atoms with Crippen LogP contribution in [0.1, 0.15) is 22.6 Å². The third-order valence-corrected chi connectivity index (χ3v) is 5.05. The summed E-state index contributed by atoms with van der Waals surface area (Å²) in [5.41, 5.74) is 10.7. The fraction of sp³-hybridized carbons (Fsp3) is 0.143. The number of thioether (sulfide) groups is 1. The average Bonchev–Trinajstić information content (AvgIpc) is 2.63. The minimum absolute atomic E-state index is 0.155. The number of aliphatic hydroxyl groups excluding tert-OH is 1. The van der Waals surface area contributed by atoms with Crippen molar-refractivity contribution in [2.24, 2.45) is 0 Å². The summed E-state index contributed by atoms with van der Waals surface area (Å²) in [6, 6.07) is 27.2. The first-order chi connectivity index (χ1) is 11.8. The van der Waals surface area contributed by atoms with E-state index < -0.39 is 0 Å². The van der Waals surface area contributed by atoms with Gasteiger partial charge in [-0.15, -0.1) is 11.8 Å². The lowest BCUT2D eigenvalue weighted by molar-refractivity contribution is 0.322. The zero-order valence-electron chi connectivity index (χ0n) is 13.4. The molecule has 3 aromatic carbocycles. The second-order valence-electron chi connectivity index (χ2n) is 5.62. The molecule has 0 aliphatic heterocycles. The lowest BCUT2D eigenvalue weighted by Crippen LogP contribution is -2.04. The van der Waals surface area contributed by atoms with Gasteiger partial charge in [-0.25, -0.2) is 0 Å². The molecule has 3 rings (SSSR count). The van der Waals surface area contributed by atoms with Crippen LogP contribution in [0.3, 0.4) is 0 Å². The zero-order chi connectivity index (χ0) is 16.8. The smallest absolute Gasteiger partial charge is 0.0525 e. The largest absolute Gasteiger partial charge is 0.398 e. The van der Waals surface area contributed by atoms with E-state index in [1.54, 1.807) is 11.8 Å². The highest BCUT2D eigenvalue weighted by molar-refractivity contribution is 7.99. The summed E-state index contributed by atoms with van der Waals surface area (Å²) in [4.78, 5) is 1.02. The summed E-state index contributed by atoms with van der Waals surface area (Å²) in [5.74, 6) is 0.816. The number of anilines is 1. The molecule has 0 bridgehead atoms. The van der Waals surface area contributed by atoms with E-state index in [0.29, 0.717) is 5.75 Å². The van der Waals surface area contributed by atoms with Crippen molar-refractivity contribution in [1.29, 1.82) is 0 Å². The number of rotatable bonds is 6. The topological polar surface area (TPSA) is 46.2 Å². The molecular formula is C21H21NOS. The summed E-state index contributed by atoms with van der Waals surface area (Å²) in [6.07, 6.45) is 0. The highest BCUT2D eigenvalue weighted by Gasteiger charge is 2.17. The molecule has 0 spiro atoms. The average molecular weight is 335 g/mol. The van der Waals surface area contributed by atoms with E-state index in [9.17, 15) is 0 Å². The van der Waals surface area contributed by atoms with E-state index in [1.807, 2.05) is 12.1 Å². The minimum atomic E-state index is 0.155. The van der Waals surface area contributed by atoms with E-state index in [-0.39, 0.29) is 12.5 Å². The van der Waals surface area contributed by atoms with Gasteiger partial charge in [-0.05, 0) is 28.8 Å². The molecule has 0 saturated heterocycles. The number of nitrogen functional groups attached to an aromatic ring is 1. The van der Waals surface area contributed by atoms with Crippen LogP contribution in [0.4, 0.5) is 5.69 Å². The molecule has 0 amide bonds. The maximum atomic E-state index is 9.00. The molecular weight excluding hydrogens is 314 g/mol. The molecule has 0 atom stereocenters. The fourth-order valence-corrected chi connectivity index (χ4v) is 3.60. The van der Waals surface area contributed by atoms with Gasteiger partial charge in [0.05, 0.1) is 6.61 Å². The molecule has 0 aliphatic rings. The molecule has 122 valence electrons. The van der Waals surface area contributed by atoms with E-state index in [0.717, 1.165) is 10.6 Å². The van der Waals surface area contributed by atoms with Crippen molar-refractivity contribution in [1.82, 2.24) is 0 Å². The van der Waals surface area contributed by atoms with Crippen molar-refractivity contribution in [2.45, 2.75) is 10.8 Å². The van der Waals surface area contributed by atoms with Crippen molar-refractivity contribution in [3.63, 3.8) is 0 Å². The second kappa shape index (κ2) is 8.04. The third kappa shape index (κ3) is 3.81. The predicted octanol–water partition coefficient (Wildman–Crippen LogP) is 4.53. The van der Waals surface area contributed by atoms with E-state index in [4.69, 9.17) is 10.8 Å². The van der Waals surface area contributed by atoms with Gasteiger partial charge in [-0.1, -0.05) is 66.7 Å². The molecule has 24 heavy (non-hydrogen) atoms. The Labute approximate surface area is 147 Å². The van der Waals surface area contributed by atoms with Gasteiger partial charge in [0.15, 0.2) is 0 Å². The van der Waals surface area contributed by atoms with E-state index >= 15 is 0 Å². The normalized spacial score (nSPS) is 10.9. The van der Waals surface area contributed by atoms with E-state index in [1.165, 1.54) is 16.7 Å². The Bertz CT molecular complexity index is 735. The predicted molar refractivity (Wildman–Crippen MR) is 102 cm³/mol. The van der Waals surface area contributed by atoms with Gasteiger partial charge in [0.2, 0.25) is 0 Å². The van der Waals surface area contributed by atoms with Gasteiger partial charge < -0.3 is 10.8 Å². The Morgan fingerprint density at radius 1 is 0.792 bits per heavy atom. The summed E-state index contributed by atoms with van der Waals surface area (Å²) < 4.78 is 0. The van der Waals surface area contributed by atoms with Crippen LogP contribution in [-0.2, 0) is 0 Å². The summed E-state index contributed by atoms with van der Waals surface area (Å²) in [7, 11) is 0. The van der Waals surface area contributed by atoms with Gasteiger partial charge in [-0.2, -0.15) is 0 Å². The summed E-state index contributed by atoms with van der Waals surface area (Å²) in [6.45, 7) is 0.155. The van der Waals surface area contributed by atoms with Crippen molar-refractivity contribution >= 4 is 17.4 Å². The Kier molecular flexibility index (Phi) is 5.57. The Morgan fingerprint density at radius 2 is 1.38 bits per heavy atom. The molecule has 0 aliphatic carbocycles. The molecule has 0 fully saturated rings. The highest BCUT2D eigenvalue weighted by atomic mass is 32.2. The Morgan fingerprint density at radius 3 is 1.88 bits per heavy atom. The lowest BCUT2D eigenvalue weighted by Gasteiger charge is -2.20. The van der Waals surface area contributed by atoms with Crippen molar-refractivity contribution < 1.29 is 5.11 Å². The molecule has 2 nitrogen and oxygen atoms in total. The first-order valence-electron chi connectivity index (χ1n) is 8.02. The standard InChI is InChI=1S/C21H21NOS/c22-19-15-18(11-12-20(19)24-14-13-23)21(16-7-3-1-4-8-16)17-9-5-2-6-10-17/h1-12,15,21,23H,13-14,22H2. The Hall–Kier alpha value is -2.23. The van der Waals surface area contributed by atoms with Gasteiger partial charge in [-0.3, -0.25) is 0 Å². The van der Waals surface area contributed by atoms with Crippen LogP contribution < -0.4 is 5.73 Å². The van der Waals surface area contributed by atoms with Crippen LogP contribution in [-0.4, -0.2) is 17.5 Å². The van der Waals surface area contributed by atoms with Crippen molar-refractivity contribution in [2.75, 3.05) is 18.1 Å². The van der Waals surface area contributed by atoms with Crippen LogP contribution in [0, 0.1) is 0 Å². The number of hydrogen-bond acceptors (Lipinski definition) is 3. The van der Waals surface area contributed by atoms with Crippen LogP contribution >= 0.6 is 11.8 Å². The van der Waals surface area contributed by atoms with Crippen LogP contribution in [0.2, 0.25) is 0 Å². The van der Waals surface area contributed by atoms with Gasteiger partial charge in [0, 0.05) is 22.3 Å². The molecule has 0 aromatic heterocycles. The van der Waals surface area contributed by atoms with E-state index in [2.05, 4.69) is 66.7 Å². The molecule has 3 heteroatoms. The summed E-state index contributed by atoms with van der Waals surface area (Å²) in [5, 5.41) is 9.00. The molecule has 0 heterocycles. The van der Waals surface area contributed by atoms with Crippen LogP contribution in [0.25, 0.3) is 0 Å². The number of aliphatic hydroxyl groups is 1. The Balaban J connectivity index is 2.02. The quantitative estimate of drug-likeness (QED) is 0.395. The van der Waals surface area contributed by atoms with Crippen LogP contribution in [0.5, 0.6) is 0 Å². The molecule has 3 aromatic rings. The molecule has 3 N–H and O–H groups in total.